The van der Waals surface area contributed by atoms with E-state index >= 15 is 0 Å². The van der Waals surface area contributed by atoms with E-state index in [0.717, 1.165) is 51.4 Å². The minimum Gasteiger partial charge on any atom is -0.481 e. The minimum absolute atomic E-state index is 0.0347. The number of aliphatic carboxylic acids is 1. The van der Waals surface area contributed by atoms with Gasteiger partial charge in [0, 0.05) is 0 Å². The molecule has 0 aromatic carbocycles. The molecule has 4 fully saturated rings. The molecule has 5 aliphatic carbocycles. The Morgan fingerprint density at radius 2 is 1.64 bits per heavy atom. The molecule has 10 atom stereocenters. The first-order valence-corrected chi connectivity index (χ1v) is 13.9. The third-order valence-electron chi connectivity index (χ3n) is 13.4. The number of hydrogen-bond acceptors (Lipinski definition) is 2. The largest absolute Gasteiger partial charge is 0.481 e. The highest BCUT2D eigenvalue weighted by atomic mass is 16.4. The normalized spacial score (nSPS) is 55.3. The topological polar surface area (TPSA) is 57.5 Å². The van der Waals surface area contributed by atoms with Crippen LogP contribution in [-0.2, 0) is 4.79 Å². The molecule has 0 bridgehead atoms. The summed E-state index contributed by atoms with van der Waals surface area (Å²) in [5.41, 5.74) is 1.45. The molecule has 2 N–H and O–H groups in total. The van der Waals surface area contributed by atoms with E-state index in [-0.39, 0.29) is 33.7 Å². The number of carboxylic acid groups (broad SMARTS) is 1. The van der Waals surface area contributed by atoms with Gasteiger partial charge in [0.05, 0.1) is 11.5 Å². The summed E-state index contributed by atoms with van der Waals surface area (Å²) in [6.07, 6.45) is 11.6. The second-order valence-electron chi connectivity index (χ2n) is 14.5. The van der Waals surface area contributed by atoms with Gasteiger partial charge in [0.1, 0.15) is 0 Å². The van der Waals surface area contributed by atoms with E-state index in [2.05, 4.69) is 54.5 Å². The van der Waals surface area contributed by atoms with Crippen molar-refractivity contribution in [3.8, 4) is 0 Å². The van der Waals surface area contributed by atoms with Gasteiger partial charge >= 0.3 is 5.97 Å². The smallest absolute Gasteiger partial charge is 0.309 e. The van der Waals surface area contributed by atoms with Gasteiger partial charge in [-0.15, -0.1) is 0 Å². The second kappa shape index (κ2) is 7.11. The van der Waals surface area contributed by atoms with Crippen LogP contribution in [0.1, 0.15) is 106 Å². The van der Waals surface area contributed by atoms with Crippen LogP contribution >= 0.6 is 0 Å². The Morgan fingerprint density at radius 1 is 0.939 bits per heavy atom. The predicted molar refractivity (Wildman–Crippen MR) is 133 cm³/mol. The molecule has 0 spiro atoms. The minimum atomic E-state index is -0.536. The molecule has 3 nitrogen and oxygen atoms in total. The number of allylic oxidation sites excluding steroid dienone is 2. The van der Waals surface area contributed by atoms with Crippen molar-refractivity contribution in [2.45, 2.75) is 112 Å². The van der Waals surface area contributed by atoms with Crippen LogP contribution in [0, 0.1) is 56.7 Å². The maximum Gasteiger partial charge on any atom is 0.309 e. The van der Waals surface area contributed by atoms with Gasteiger partial charge in [-0.2, -0.15) is 0 Å². The molecule has 186 valence electrons. The molecule has 0 heterocycles. The Labute approximate surface area is 201 Å². The summed E-state index contributed by atoms with van der Waals surface area (Å²) in [6.45, 7) is 16.9. The molecular weight excluding hydrogens is 408 g/mol. The third kappa shape index (κ3) is 2.75. The van der Waals surface area contributed by atoms with E-state index in [1.807, 2.05) is 0 Å². The van der Waals surface area contributed by atoms with E-state index in [1.54, 1.807) is 5.57 Å². The number of carbonyl (C=O) groups is 1. The first kappa shape index (κ1) is 23.9. The zero-order valence-corrected chi connectivity index (χ0v) is 22.2. The lowest BCUT2D eigenvalue weighted by atomic mass is 9.33. The van der Waals surface area contributed by atoms with E-state index in [4.69, 9.17) is 0 Å². The Hall–Kier alpha value is -0.830. The van der Waals surface area contributed by atoms with Crippen molar-refractivity contribution in [3.05, 3.63) is 11.6 Å². The molecule has 0 aromatic heterocycles. The molecule has 0 amide bonds. The second-order valence-corrected chi connectivity index (χ2v) is 14.5. The lowest BCUT2D eigenvalue weighted by molar-refractivity contribution is -0.206. The molecule has 5 rings (SSSR count). The Kier molecular flexibility index (Phi) is 5.15. The van der Waals surface area contributed by atoms with Crippen LogP contribution in [-0.4, -0.2) is 22.3 Å². The van der Waals surface area contributed by atoms with Gasteiger partial charge in [0.2, 0.25) is 0 Å². The monoisotopic (exact) mass is 456 g/mol. The quantitative estimate of drug-likeness (QED) is 0.414. The highest BCUT2D eigenvalue weighted by molar-refractivity contribution is 5.76. The van der Waals surface area contributed by atoms with E-state index in [0.29, 0.717) is 23.7 Å². The molecule has 0 aliphatic heterocycles. The molecule has 3 heteroatoms. The predicted octanol–water partition coefficient (Wildman–Crippen LogP) is 7.09. The third-order valence-corrected chi connectivity index (χ3v) is 13.4. The highest BCUT2D eigenvalue weighted by Crippen LogP contribution is 2.75. The first-order chi connectivity index (χ1) is 15.3. The van der Waals surface area contributed by atoms with Gasteiger partial charge in [-0.05, 0) is 109 Å². The number of rotatable bonds is 1. The van der Waals surface area contributed by atoms with Crippen LogP contribution in [0.4, 0.5) is 0 Å². The Morgan fingerprint density at radius 3 is 2.30 bits per heavy atom. The van der Waals surface area contributed by atoms with Crippen LogP contribution in [0.3, 0.4) is 0 Å². The standard InChI is InChI=1S/C30H48O3/c1-18-10-15-30(25(32)33)17-16-28(6)21-8-9-22-26(3,4)23(31)12-13-27(22,5)20(21)11-14-29(28,7)24(30)19(18)2/h8,18-20,22-24,31H,9-17H2,1-7H3,(H,32,33)/t18-,19+,20+,22+,23+,24+,27-,28-,29+,30+/m1/s1. The zero-order valence-electron chi connectivity index (χ0n) is 22.2. The fourth-order valence-corrected chi connectivity index (χ4v) is 10.9. The van der Waals surface area contributed by atoms with Gasteiger partial charge in [0.15, 0.2) is 0 Å². The van der Waals surface area contributed by atoms with Crippen LogP contribution in [0.5, 0.6) is 0 Å². The maximum absolute atomic E-state index is 12.9. The summed E-state index contributed by atoms with van der Waals surface area (Å²) >= 11 is 0. The van der Waals surface area contributed by atoms with Crippen molar-refractivity contribution >= 4 is 5.97 Å². The number of aliphatic hydroxyl groups is 1. The highest BCUT2D eigenvalue weighted by Gasteiger charge is 2.70. The Bertz CT molecular complexity index is 874. The summed E-state index contributed by atoms with van der Waals surface area (Å²) < 4.78 is 0. The molecule has 0 unspecified atom stereocenters. The average Bonchev–Trinajstić information content (AvgIpc) is 2.74. The molecule has 33 heavy (non-hydrogen) atoms. The summed E-state index contributed by atoms with van der Waals surface area (Å²) in [4.78, 5) is 12.9. The van der Waals surface area contributed by atoms with E-state index in [1.165, 1.54) is 6.42 Å². The average molecular weight is 457 g/mol. The molecule has 5 aliphatic rings. The van der Waals surface area contributed by atoms with Crippen molar-refractivity contribution in [1.29, 1.82) is 0 Å². The van der Waals surface area contributed by atoms with Gasteiger partial charge in [-0.25, -0.2) is 0 Å². The molecule has 0 saturated heterocycles. The fraction of sp³-hybridized carbons (Fsp3) is 0.900. The van der Waals surface area contributed by atoms with E-state index in [9.17, 15) is 15.0 Å². The molecular formula is C30H48O3. The lowest BCUT2D eigenvalue weighted by Gasteiger charge is -2.71. The first-order valence-electron chi connectivity index (χ1n) is 13.9. The van der Waals surface area contributed by atoms with Crippen molar-refractivity contribution in [2.24, 2.45) is 56.7 Å². The number of carboxylic acids is 1. The van der Waals surface area contributed by atoms with Crippen molar-refractivity contribution in [3.63, 3.8) is 0 Å². The summed E-state index contributed by atoms with van der Waals surface area (Å²) in [5, 5.41) is 21.4. The SMILES string of the molecule is C[C@H]1[C@H](C)CC[C@]2(C(=O)O)CC[C@]3(C)C4=CC[C@H]5C(C)(C)[C@@H](O)CC[C@]5(C)[C@H]4CC[C@@]3(C)[C@H]12. The summed E-state index contributed by atoms with van der Waals surface area (Å²) in [6, 6.07) is 0. The molecule has 4 saturated carbocycles. The Balaban J connectivity index is 1.61. The van der Waals surface area contributed by atoms with Gasteiger partial charge in [-0.3, -0.25) is 4.79 Å². The molecule has 0 aromatic rings. The summed E-state index contributed by atoms with van der Waals surface area (Å²) in [7, 11) is 0. The van der Waals surface area contributed by atoms with Gasteiger partial charge in [0.25, 0.3) is 0 Å². The van der Waals surface area contributed by atoms with Crippen molar-refractivity contribution < 1.29 is 15.0 Å². The zero-order chi connectivity index (χ0) is 24.2. The molecule has 0 radical (unpaired) electrons. The summed E-state index contributed by atoms with van der Waals surface area (Å²) in [5.74, 6) is 1.88. The van der Waals surface area contributed by atoms with Crippen LogP contribution in [0.15, 0.2) is 11.6 Å². The fourth-order valence-electron chi connectivity index (χ4n) is 10.9. The van der Waals surface area contributed by atoms with Gasteiger partial charge < -0.3 is 10.2 Å². The van der Waals surface area contributed by atoms with Gasteiger partial charge in [-0.1, -0.05) is 60.1 Å². The van der Waals surface area contributed by atoms with E-state index < -0.39 is 11.4 Å². The number of fused-ring (bicyclic) bond motifs is 7. The maximum atomic E-state index is 12.9. The van der Waals surface area contributed by atoms with Crippen molar-refractivity contribution in [2.75, 3.05) is 0 Å². The van der Waals surface area contributed by atoms with Crippen LogP contribution in [0.25, 0.3) is 0 Å². The van der Waals surface area contributed by atoms with Crippen molar-refractivity contribution in [1.82, 2.24) is 0 Å². The number of aliphatic hydroxyl groups excluding tert-OH is 1. The number of hydrogen-bond donors (Lipinski definition) is 2. The van der Waals surface area contributed by atoms with Crippen LogP contribution < -0.4 is 0 Å². The van der Waals surface area contributed by atoms with Crippen LogP contribution in [0.2, 0.25) is 0 Å². The lowest BCUT2D eigenvalue weighted by Crippen LogP contribution is -2.66.